The molecule has 0 radical (unpaired) electrons. The second-order valence-corrected chi connectivity index (χ2v) is 6.27. The van der Waals surface area contributed by atoms with Crippen molar-refractivity contribution in [3.05, 3.63) is 24.3 Å². The van der Waals surface area contributed by atoms with Crippen LogP contribution in [0.3, 0.4) is 0 Å². The summed E-state index contributed by atoms with van der Waals surface area (Å²) in [7, 11) is 0. The van der Waals surface area contributed by atoms with E-state index in [4.69, 9.17) is 15.2 Å². The van der Waals surface area contributed by atoms with E-state index in [1.165, 1.54) is 12.8 Å². The first-order valence-electron chi connectivity index (χ1n) is 8.10. The van der Waals surface area contributed by atoms with Crippen molar-refractivity contribution in [2.75, 3.05) is 18.5 Å². The second kappa shape index (κ2) is 6.67. The average molecular weight is 304 g/mol. The van der Waals surface area contributed by atoms with Gasteiger partial charge in [0.1, 0.15) is 11.3 Å². The molecule has 5 heteroatoms. The Balaban J connectivity index is 1.63. The number of hydrogen-bond donors (Lipinski definition) is 2. The number of nitrogens with two attached hydrogens (primary N) is 1. The molecule has 0 unspecified atom stereocenters. The molecule has 0 atom stereocenters. The summed E-state index contributed by atoms with van der Waals surface area (Å²) in [6.45, 7) is 1.07. The van der Waals surface area contributed by atoms with Crippen molar-refractivity contribution in [1.82, 2.24) is 0 Å². The normalized spacial score (nSPS) is 21.5. The Labute approximate surface area is 131 Å². The molecule has 1 aliphatic carbocycles. The Hall–Kier alpha value is -1.59. The largest absolute Gasteiger partial charge is 0.490 e. The summed E-state index contributed by atoms with van der Waals surface area (Å²) < 4.78 is 11.2. The lowest BCUT2D eigenvalue weighted by atomic mass is 9.90. The third kappa shape index (κ3) is 3.59. The number of rotatable bonds is 4. The van der Waals surface area contributed by atoms with Crippen LogP contribution in [-0.4, -0.2) is 30.8 Å². The molecule has 2 fully saturated rings. The Bertz CT molecular complexity index is 520. The van der Waals surface area contributed by atoms with Gasteiger partial charge in [-0.1, -0.05) is 6.07 Å². The van der Waals surface area contributed by atoms with Crippen molar-refractivity contribution < 1.29 is 14.3 Å². The van der Waals surface area contributed by atoms with Gasteiger partial charge in [0, 0.05) is 25.0 Å². The van der Waals surface area contributed by atoms with Gasteiger partial charge in [0.05, 0.1) is 6.10 Å². The number of ether oxygens (including phenoxy) is 2. The molecule has 3 N–H and O–H groups in total. The number of nitrogens with one attached hydrogen (secondary N) is 1. The third-order valence-corrected chi connectivity index (χ3v) is 4.53. The second-order valence-electron chi connectivity index (χ2n) is 6.27. The van der Waals surface area contributed by atoms with Gasteiger partial charge < -0.3 is 20.5 Å². The highest BCUT2D eigenvalue weighted by Gasteiger charge is 2.35. The zero-order valence-electron chi connectivity index (χ0n) is 12.8. The molecule has 1 saturated carbocycles. The molecule has 5 nitrogen and oxygen atoms in total. The van der Waals surface area contributed by atoms with Gasteiger partial charge in [-0.15, -0.1) is 0 Å². The van der Waals surface area contributed by atoms with Gasteiger partial charge in [-0.3, -0.25) is 4.79 Å². The van der Waals surface area contributed by atoms with Crippen molar-refractivity contribution in [3.8, 4) is 5.75 Å². The molecular formula is C17H24N2O3. The molecule has 1 aromatic rings. The minimum atomic E-state index is -0.833. The van der Waals surface area contributed by atoms with Crippen LogP contribution < -0.4 is 15.8 Å². The van der Waals surface area contributed by atoms with E-state index in [0.717, 1.165) is 24.3 Å². The first-order valence-corrected chi connectivity index (χ1v) is 8.10. The SMILES string of the molecule is NC1(C(=O)Nc2cccc(OC3CCCC3)c2)CCOCC1. The third-order valence-electron chi connectivity index (χ3n) is 4.53. The van der Waals surface area contributed by atoms with Crippen LogP contribution in [0.4, 0.5) is 5.69 Å². The van der Waals surface area contributed by atoms with Gasteiger partial charge in [0.15, 0.2) is 0 Å². The van der Waals surface area contributed by atoms with Gasteiger partial charge in [-0.05, 0) is 50.7 Å². The van der Waals surface area contributed by atoms with Crippen LogP contribution in [0, 0.1) is 0 Å². The Morgan fingerprint density at radius 2 is 2.00 bits per heavy atom. The van der Waals surface area contributed by atoms with Gasteiger partial charge in [-0.2, -0.15) is 0 Å². The fourth-order valence-corrected chi connectivity index (χ4v) is 3.06. The van der Waals surface area contributed by atoms with E-state index < -0.39 is 5.54 Å². The lowest BCUT2D eigenvalue weighted by Crippen LogP contribution is -2.54. The molecule has 0 spiro atoms. The monoisotopic (exact) mass is 304 g/mol. The number of carbonyl (C=O) groups excluding carboxylic acids is 1. The highest BCUT2D eigenvalue weighted by molar-refractivity contribution is 5.98. The van der Waals surface area contributed by atoms with Crippen LogP contribution in [0.25, 0.3) is 0 Å². The van der Waals surface area contributed by atoms with Crippen molar-refractivity contribution in [3.63, 3.8) is 0 Å². The van der Waals surface area contributed by atoms with Gasteiger partial charge in [0.2, 0.25) is 5.91 Å². The summed E-state index contributed by atoms with van der Waals surface area (Å²) in [5.41, 5.74) is 6.10. The van der Waals surface area contributed by atoms with Crippen molar-refractivity contribution >= 4 is 11.6 Å². The molecule has 22 heavy (non-hydrogen) atoms. The van der Waals surface area contributed by atoms with Crippen LogP contribution in [0.2, 0.25) is 0 Å². The van der Waals surface area contributed by atoms with Gasteiger partial charge >= 0.3 is 0 Å². The number of benzene rings is 1. The minimum absolute atomic E-state index is 0.145. The van der Waals surface area contributed by atoms with Crippen molar-refractivity contribution in [2.24, 2.45) is 5.73 Å². The molecule has 3 rings (SSSR count). The van der Waals surface area contributed by atoms with E-state index in [2.05, 4.69) is 5.32 Å². The van der Waals surface area contributed by atoms with Crippen LogP contribution in [-0.2, 0) is 9.53 Å². The molecule has 1 heterocycles. The number of hydrogen-bond acceptors (Lipinski definition) is 4. The van der Waals surface area contributed by atoms with E-state index in [1.54, 1.807) is 0 Å². The lowest BCUT2D eigenvalue weighted by Gasteiger charge is -2.31. The lowest BCUT2D eigenvalue weighted by molar-refractivity contribution is -0.124. The number of amides is 1. The van der Waals surface area contributed by atoms with Crippen molar-refractivity contribution in [1.29, 1.82) is 0 Å². The summed E-state index contributed by atoms with van der Waals surface area (Å²) in [5, 5.41) is 2.92. The van der Waals surface area contributed by atoms with Gasteiger partial charge in [0.25, 0.3) is 0 Å². The smallest absolute Gasteiger partial charge is 0.244 e. The molecule has 1 aromatic carbocycles. The predicted molar refractivity (Wildman–Crippen MR) is 84.9 cm³/mol. The van der Waals surface area contributed by atoms with Crippen molar-refractivity contribution in [2.45, 2.75) is 50.2 Å². The molecule has 2 aliphatic rings. The van der Waals surface area contributed by atoms with Crippen LogP contribution in [0.15, 0.2) is 24.3 Å². The Kier molecular flexibility index (Phi) is 4.64. The molecule has 1 amide bonds. The standard InChI is InChI=1S/C17H24N2O3/c18-17(8-10-21-11-9-17)16(20)19-13-4-3-7-15(12-13)22-14-5-1-2-6-14/h3-4,7,12,14H,1-2,5-6,8-11,18H2,(H,19,20). The van der Waals surface area contributed by atoms with Gasteiger partial charge in [-0.25, -0.2) is 0 Å². The first kappa shape index (κ1) is 15.3. The fourth-order valence-electron chi connectivity index (χ4n) is 3.06. The number of anilines is 1. The topological polar surface area (TPSA) is 73.6 Å². The maximum absolute atomic E-state index is 12.4. The first-order chi connectivity index (χ1) is 10.7. The maximum Gasteiger partial charge on any atom is 0.244 e. The molecular weight excluding hydrogens is 280 g/mol. The van der Waals surface area contributed by atoms with Crippen LogP contribution in [0.1, 0.15) is 38.5 Å². The minimum Gasteiger partial charge on any atom is -0.490 e. The summed E-state index contributed by atoms with van der Waals surface area (Å²) in [6, 6.07) is 7.56. The molecule has 120 valence electrons. The summed E-state index contributed by atoms with van der Waals surface area (Å²) in [4.78, 5) is 12.4. The average Bonchev–Trinajstić information content (AvgIpc) is 3.01. The Morgan fingerprint density at radius 1 is 1.27 bits per heavy atom. The highest BCUT2D eigenvalue weighted by Crippen LogP contribution is 2.26. The molecule has 1 aliphatic heterocycles. The highest BCUT2D eigenvalue weighted by atomic mass is 16.5. The predicted octanol–water partition coefficient (Wildman–Crippen LogP) is 2.45. The number of carbonyl (C=O) groups is 1. The summed E-state index contributed by atoms with van der Waals surface area (Å²) >= 11 is 0. The van der Waals surface area contributed by atoms with E-state index in [-0.39, 0.29) is 5.91 Å². The zero-order chi connectivity index (χ0) is 15.4. The Morgan fingerprint density at radius 3 is 2.73 bits per heavy atom. The van der Waals surface area contributed by atoms with E-state index in [1.807, 2.05) is 24.3 Å². The fraction of sp³-hybridized carbons (Fsp3) is 0.588. The summed E-state index contributed by atoms with van der Waals surface area (Å²) in [5.74, 6) is 0.663. The van der Waals surface area contributed by atoms with E-state index in [0.29, 0.717) is 32.2 Å². The van der Waals surface area contributed by atoms with Crippen LogP contribution >= 0.6 is 0 Å². The maximum atomic E-state index is 12.4. The molecule has 1 saturated heterocycles. The zero-order valence-corrected chi connectivity index (χ0v) is 12.8. The quantitative estimate of drug-likeness (QED) is 0.896. The van der Waals surface area contributed by atoms with E-state index in [9.17, 15) is 4.79 Å². The van der Waals surface area contributed by atoms with E-state index >= 15 is 0 Å². The molecule has 0 bridgehead atoms. The molecule has 0 aromatic heterocycles. The summed E-state index contributed by atoms with van der Waals surface area (Å²) in [6.07, 6.45) is 6.11. The van der Waals surface area contributed by atoms with Crippen LogP contribution in [0.5, 0.6) is 5.75 Å².